The van der Waals surface area contributed by atoms with Crippen molar-refractivity contribution in [3.8, 4) is 22.3 Å². The maximum Gasteiger partial charge on any atom is 0.113 e. The third kappa shape index (κ3) is 4.12. The number of hydrogen-bond acceptors (Lipinski definition) is 2. The van der Waals surface area contributed by atoms with Crippen LogP contribution in [0.5, 0.6) is 0 Å². The number of nitrogens with zero attached hydrogens (tertiary/aromatic N) is 1. The summed E-state index contributed by atoms with van der Waals surface area (Å²) in [5.74, 6) is 0. The maximum absolute atomic E-state index is 2.51. The number of anilines is 3. The van der Waals surface area contributed by atoms with Crippen molar-refractivity contribution >= 4 is 77.8 Å². The van der Waals surface area contributed by atoms with Crippen LogP contribution in [0.3, 0.4) is 0 Å². The lowest BCUT2D eigenvalue weighted by Crippen LogP contribution is -2.49. The molecule has 0 bridgehead atoms. The van der Waals surface area contributed by atoms with Crippen LogP contribution in [0.15, 0.2) is 152 Å². The van der Waals surface area contributed by atoms with Crippen molar-refractivity contribution in [1.82, 2.24) is 0 Å². The summed E-state index contributed by atoms with van der Waals surface area (Å²) in [5, 5.41) is 8.32. The summed E-state index contributed by atoms with van der Waals surface area (Å²) in [4.78, 5) is 2.43. The molecule has 0 saturated carbocycles. The van der Waals surface area contributed by atoms with E-state index in [1.807, 2.05) is 11.3 Å². The van der Waals surface area contributed by atoms with E-state index in [1.165, 1.54) is 64.1 Å². The standard InChI is InChI=1S/C42H31NSSi/c1-45(2)39-24-22-34(27-37(39)41-40(45)25-23-36-35-14-8-9-15-38(35)44-42(36)41)43(33-21-18-29-12-6-7-13-31(29)26-33)32-19-16-30(17-20-32)28-10-4-3-5-11-28/h3-27H,1-2H3. The summed E-state index contributed by atoms with van der Waals surface area (Å²) in [6, 6.07) is 56.1. The number of benzene rings is 7. The van der Waals surface area contributed by atoms with Crippen molar-refractivity contribution in [2.24, 2.45) is 0 Å². The Hall–Kier alpha value is -4.96. The van der Waals surface area contributed by atoms with Crippen molar-refractivity contribution in [2.45, 2.75) is 13.1 Å². The van der Waals surface area contributed by atoms with E-state index in [2.05, 4.69) is 170 Å². The molecule has 214 valence electrons. The second-order valence-corrected chi connectivity index (χ2v) is 18.0. The summed E-state index contributed by atoms with van der Waals surface area (Å²) in [5.41, 5.74) is 8.82. The van der Waals surface area contributed by atoms with Gasteiger partial charge in [0.1, 0.15) is 8.07 Å². The zero-order valence-electron chi connectivity index (χ0n) is 25.3. The quantitative estimate of drug-likeness (QED) is 0.179. The highest BCUT2D eigenvalue weighted by atomic mass is 32.1. The predicted molar refractivity (Wildman–Crippen MR) is 199 cm³/mol. The molecule has 1 aliphatic rings. The van der Waals surface area contributed by atoms with Gasteiger partial charge in [-0.25, -0.2) is 0 Å². The molecule has 8 aromatic rings. The average Bonchev–Trinajstić information content (AvgIpc) is 3.57. The predicted octanol–water partition coefficient (Wildman–Crippen LogP) is 11.1. The molecule has 0 N–H and O–H groups in total. The molecule has 0 fully saturated rings. The Labute approximate surface area is 268 Å². The molecule has 7 aromatic carbocycles. The number of fused-ring (bicyclic) bond motifs is 8. The van der Waals surface area contributed by atoms with Crippen molar-refractivity contribution < 1.29 is 0 Å². The minimum absolute atomic E-state index is 1.15. The van der Waals surface area contributed by atoms with Crippen molar-refractivity contribution in [2.75, 3.05) is 4.90 Å². The lowest BCUT2D eigenvalue weighted by Gasteiger charge is -2.27. The van der Waals surface area contributed by atoms with Crippen LogP contribution in [0.1, 0.15) is 0 Å². The molecule has 1 aromatic heterocycles. The maximum atomic E-state index is 2.51. The molecule has 2 heterocycles. The Kier molecular flexibility index (Phi) is 5.89. The SMILES string of the molecule is C[Si]1(C)c2ccc(N(c3ccc(-c4ccccc4)cc3)c3ccc4ccccc4c3)cc2-c2c1ccc1c2sc2ccccc21. The van der Waals surface area contributed by atoms with Crippen LogP contribution in [0, 0.1) is 0 Å². The van der Waals surface area contributed by atoms with Gasteiger partial charge < -0.3 is 4.90 Å². The van der Waals surface area contributed by atoms with E-state index in [4.69, 9.17) is 0 Å². The van der Waals surface area contributed by atoms with Crippen LogP contribution in [-0.4, -0.2) is 8.07 Å². The smallest absolute Gasteiger partial charge is 0.113 e. The highest BCUT2D eigenvalue weighted by Crippen LogP contribution is 2.44. The molecular formula is C42H31NSSi. The summed E-state index contributed by atoms with van der Waals surface area (Å²) in [7, 11) is -1.86. The average molecular weight is 610 g/mol. The van der Waals surface area contributed by atoms with E-state index >= 15 is 0 Å². The van der Waals surface area contributed by atoms with Gasteiger partial charge >= 0.3 is 0 Å². The van der Waals surface area contributed by atoms with Crippen molar-refractivity contribution in [3.05, 3.63) is 152 Å². The fourth-order valence-corrected chi connectivity index (χ4v) is 11.7. The van der Waals surface area contributed by atoms with Gasteiger partial charge in [0.05, 0.1) is 0 Å². The molecule has 1 nitrogen and oxygen atoms in total. The van der Waals surface area contributed by atoms with Gasteiger partial charge in [-0.3, -0.25) is 0 Å². The molecule has 0 spiro atoms. The van der Waals surface area contributed by atoms with Gasteiger partial charge in [0.2, 0.25) is 0 Å². The van der Waals surface area contributed by atoms with Crippen LogP contribution < -0.4 is 15.3 Å². The molecular weight excluding hydrogens is 579 g/mol. The second kappa shape index (κ2) is 10.0. The molecule has 0 atom stereocenters. The molecule has 1 aliphatic heterocycles. The second-order valence-electron chi connectivity index (χ2n) is 12.6. The van der Waals surface area contributed by atoms with Gasteiger partial charge in [-0.1, -0.05) is 122 Å². The largest absolute Gasteiger partial charge is 0.310 e. The fourth-order valence-electron chi connectivity index (χ4n) is 7.34. The van der Waals surface area contributed by atoms with E-state index in [1.54, 1.807) is 5.19 Å². The first-order chi connectivity index (χ1) is 22.1. The van der Waals surface area contributed by atoms with E-state index < -0.39 is 8.07 Å². The highest BCUT2D eigenvalue weighted by molar-refractivity contribution is 7.26. The Balaban J connectivity index is 1.26. The first kappa shape index (κ1) is 26.4. The third-order valence-electron chi connectivity index (χ3n) is 9.65. The molecule has 0 unspecified atom stereocenters. The van der Waals surface area contributed by atoms with Crippen molar-refractivity contribution in [1.29, 1.82) is 0 Å². The van der Waals surface area contributed by atoms with Crippen LogP contribution in [0.25, 0.3) is 53.2 Å². The molecule has 45 heavy (non-hydrogen) atoms. The van der Waals surface area contributed by atoms with E-state index in [-0.39, 0.29) is 0 Å². The summed E-state index contributed by atoms with van der Waals surface area (Å²) in [6.07, 6.45) is 0. The van der Waals surface area contributed by atoms with Crippen LogP contribution in [-0.2, 0) is 0 Å². The summed E-state index contributed by atoms with van der Waals surface area (Å²) in [6.45, 7) is 5.03. The minimum atomic E-state index is -1.86. The molecule has 0 radical (unpaired) electrons. The number of hydrogen-bond donors (Lipinski definition) is 0. The summed E-state index contributed by atoms with van der Waals surface area (Å²) < 4.78 is 2.79. The minimum Gasteiger partial charge on any atom is -0.310 e. The van der Waals surface area contributed by atoms with E-state index in [0.29, 0.717) is 0 Å². The van der Waals surface area contributed by atoms with Crippen LogP contribution >= 0.6 is 11.3 Å². The molecule has 0 aliphatic carbocycles. The fraction of sp³-hybridized carbons (Fsp3) is 0.0476. The Morgan fingerprint density at radius 2 is 1.13 bits per heavy atom. The van der Waals surface area contributed by atoms with Gasteiger partial charge in [-0.05, 0) is 85.9 Å². The van der Waals surface area contributed by atoms with Crippen LogP contribution in [0.2, 0.25) is 13.1 Å². The molecule has 3 heteroatoms. The van der Waals surface area contributed by atoms with Gasteiger partial charge in [0, 0.05) is 37.2 Å². The van der Waals surface area contributed by atoms with Crippen molar-refractivity contribution in [3.63, 3.8) is 0 Å². The van der Waals surface area contributed by atoms with Gasteiger partial charge in [0.25, 0.3) is 0 Å². The first-order valence-electron chi connectivity index (χ1n) is 15.6. The third-order valence-corrected chi connectivity index (χ3v) is 14.4. The zero-order chi connectivity index (χ0) is 30.1. The number of rotatable bonds is 4. The number of thiophene rings is 1. The highest BCUT2D eigenvalue weighted by Gasteiger charge is 2.39. The topological polar surface area (TPSA) is 3.24 Å². The lowest BCUT2D eigenvalue weighted by atomic mass is 10.0. The first-order valence-corrected chi connectivity index (χ1v) is 19.4. The Morgan fingerprint density at radius 3 is 1.98 bits per heavy atom. The molecule has 9 rings (SSSR count). The molecule has 0 amide bonds. The van der Waals surface area contributed by atoms with Gasteiger partial charge in [-0.15, -0.1) is 11.3 Å². The van der Waals surface area contributed by atoms with E-state index in [9.17, 15) is 0 Å². The lowest BCUT2D eigenvalue weighted by molar-refractivity contribution is 1.29. The Morgan fingerprint density at radius 1 is 0.489 bits per heavy atom. The van der Waals surface area contributed by atoms with Gasteiger partial charge in [-0.2, -0.15) is 0 Å². The monoisotopic (exact) mass is 609 g/mol. The zero-order valence-corrected chi connectivity index (χ0v) is 27.1. The van der Waals surface area contributed by atoms with E-state index in [0.717, 1.165) is 11.4 Å². The molecule has 0 saturated heterocycles. The normalized spacial score (nSPS) is 13.3. The Bertz CT molecular complexity index is 2400. The van der Waals surface area contributed by atoms with Crippen LogP contribution in [0.4, 0.5) is 17.1 Å². The van der Waals surface area contributed by atoms with Gasteiger partial charge in [0.15, 0.2) is 0 Å². The summed E-state index contributed by atoms with van der Waals surface area (Å²) >= 11 is 1.95.